The van der Waals surface area contributed by atoms with Crippen LogP contribution in [-0.2, 0) is 23.8 Å². The molecular weight excluding hydrogens is 979 g/mol. The second-order valence-corrected chi connectivity index (χ2v) is 25.0. The minimum Gasteiger partial charge on any atom is -0.465 e. The molecule has 0 aliphatic rings. The van der Waals surface area contributed by atoms with Crippen molar-refractivity contribution in [1.82, 2.24) is 15.1 Å². The van der Waals surface area contributed by atoms with Crippen LogP contribution in [0.3, 0.4) is 0 Å². The first-order valence-corrected chi connectivity index (χ1v) is 35.3. The summed E-state index contributed by atoms with van der Waals surface area (Å²) >= 11 is 0. The molecule has 1 amide bonds. The maximum atomic E-state index is 13.7. The molecule has 0 saturated carbocycles. The summed E-state index contributed by atoms with van der Waals surface area (Å²) in [6.07, 6.45) is 60.3. The normalized spacial score (nSPS) is 11.8. The third-order valence-electron chi connectivity index (χ3n) is 16.8. The fourth-order valence-electron chi connectivity index (χ4n) is 11.4. The molecule has 470 valence electrons. The second kappa shape index (κ2) is 62.2. The summed E-state index contributed by atoms with van der Waals surface area (Å²) in [7, 11) is 6.39. The van der Waals surface area contributed by atoms with E-state index in [9.17, 15) is 14.4 Å². The number of carbonyl (C=O) groups excluding carboxylic acids is 3. The maximum Gasteiger partial charge on any atom is 0.407 e. The summed E-state index contributed by atoms with van der Waals surface area (Å²) in [6.45, 7) is 13.4. The molecule has 0 heterocycles. The molecule has 0 spiro atoms. The first-order chi connectivity index (χ1) is 38.7. The van der Waals surface area contributed by atoms with Gasteiger partial charge in [0.05, 0.1) is 25.0 Å². The van der Waals surface area contributed by atoms with Gasteiger partial charge in [-0.1, -0.05) is 285 Å². The molecule has 79 heavy (non-hydrogen) atoms. The van der Waals surface area contributed by atoms with Crippen LogP contribution in [0.5, 0.6) is 0 Å². The van der Waals surface area contributed by atoms with Crippen LogP contribution in [0, 0.1) is 11.8 Å². The Balaban J connectivity index is 5.48. The molecule has 0 saturated heterocycles. The van der Waals surface area contributed by atoms with Crippen LogP contribution in [0.15, 0.2) is 0 Å². The Hall–Kier alpha value is -1.87. The summed E-state index contributed by atoms with van der Waals surface area (Å²) in [5, 5.41) is 3.01. The summed E-state index contributed by atoms with van der Waals surface area (Å²) in [5.41, 5.74) is 0. The number of unbranched alkanes of at least 4 members (excludes halogenated alkanes) is 37. The van der Waals surface area contributed by atoms with Gasteiger partial charge in [-0.15, -0.1) is 0 Å². The van der Waals surface area contributed by atoms with E-state index < -0.39 is 6.09 Å². The smallest absolute Gasteiger partial charge is 0.407 e. The molecule has 9 nitrogen and oxygen atoms in total. The molecule has 0 rings (SSSR count). The van der Waals surface area contributed by atoms with Crippen molar-refractivity contribution in [3.05, 3.63) is 0 Å². The topological polar surface area (TPSA) is 97.4 Å². The average molecular weight is 1120 g/mol. The van der Waals surface area contributed by atoms with Crippen LogP contribution in [0.1, 0.15) is 355 Å². The van der Waals surface area contributed by atoms with E-state index in [1.807, 2.05) is 0 Å². The molecule has 9 heteroatoms. The number of hydrogen-bond donors (Lipinski definition) is 1. The van der Waals surface area contributed by atoms with Crippen molar-refractivity contribution >= 4 is 18.0 Å². The number of alkyl carbamates (subject to hydrolysis) is 1. The van der Waals surface area contributed by atoms with E-state index in [0.29, 0.717) is 45.4 Å². The Kier molecular flexibility index (Phi) is 60.7. The highest BCUT2D eigenvalue weighted by Crippen LogP contribution is 2.24. The quantitative estimate of drug-likeness (QED) is 0.0365. The van der Waals surface area contributed by atoms with Gasteiger partial charge in [0.15, 0.2) is 0 Å². The third-order valence-corrected chi connectivity index (χ3v) is 16.8. The maximum absolute atomic E-state index is 13.7. The Morgan fingerprint density at radius 2 is 0.608 bits per heavy atom. The van der Waals surface area contributed by atoms with Gasteiger partial charge in [0, 0.05) is 6.54 Å². The lowest BCUT2D eigenvalue weighted by atomic mass is 9.94. The molecular formula is C70H139N3O6. The summed E-state index contributed by atoms with van der Waals surface area (Å²) in [5.74, 6) is -0.151. The van der Waals surface area contributed by atoms with Crippen LogP contribution in [0.25, 0.3) is 0 Å². The van der Waals surface area contributed by atoms with Crippen molar-refractivity contribution in [1.29, 1.82) is 0 Å². The Labute approximate surface area is 493 Å². The van der Waals surface area contributed by atoms with Crippen molar-refractivity contribution in [2.75, 3.05) is 60.5 Å². The van der Waals surface area contributed by atoms with E-state index in [0.717, 1.165) is 83.8 Å². The summed E-state index contributed by atoms with van der Waals surface area (Å²) in [4.78, 5) is 45.3. The second-order valence-electron chi connectivity index (χ2n) is 25.0. The highest BCUT2D eigenvalue weighted by atomic mass is 16.6. The third kappa shape index (κ3) is 56.4. The molecule has 0 aromatic heterocycles. The molecule has 0 aromatic rings. The first-order valence-electron chi connectivity index (χ1n) is 35.3. The molecule has 0 fully saturated rings. The molecule has 0 aliphatic heterocycles. The van der Waals surface area contributed by atoms with Gasteiger partial charge in [-0.2, -0.15) is 0 Å². The lowest BCUT2D eigenvalue weighted by molar-refractivity contribution is -0.150. The first kappa shape index (κ1) is 77.1. The minimum atomic E-state index is -0.395. The predicted molar refractivity (Wildman–Crippen MR) is 341 cm³/mol. The van der Waals surface area contributed by atoms with E-state index in [4.69, 9.17) is 14.2 Å². The minimum absolute atomic E-state index is 0.0354. The molecule has 1 N–H and O–H groups in total. The van der Waals surface area contributed by atoms with Gasteiger partial charge >= 0.3 is 18.0 Å². The standard InChI is InChI=1S/C70H139N3O6/c1-8-12-16-20-24-28-32-36-40-44-53-65(54-45-41-37-33-29-25-21-17-13-9-2)68(74)77-63-50-57-67(79-70(76)71-59-52-62-73(7)61-49-48-60-72(5)6)58-51-64-78-69(75)66(55-46-42-38-34-30-26-22-18-14-10-3)56-47-43-39-35-31-27-23-19-15-11-4/h65-67H,8-64H2,1-7H3,(H,71,76). The van der Waals surface area contributed by atoms with E-state index in [1.165, 1.54) is 238 Å². The van der Waals surface area contributed by atoms with Crippen LogP contribution in [0.2, 0.25) is 0 Å². The number of nitrogens with zero attached hydrogens (tertiary/aromatic N) is 2. The van der Waals surface area contributed by atoms with Crippen molar-refractivity contribution in [3.63, 3.8) is 0 Å². The van der Waals surface area contributed by atoms with Crippen LogP contribution < -0.4 is 5.32 Å². The number of amides is 1. The zero-order valence-electron chi connectivity index (χ0n) is 54.4. The van der Waals surface area contributed by atoms with Crippen LogP contribution in [0.4, 0.5) is 4.79 Å². The highest BCUT2D eigenvalue weighted by molar-refractivity contribution is 5.72. The molecule has 0 unspecified atom stereocenters. The molecule has 0 atom stereocenters. The van der Waals surface area contributed by atoms with Gasteiger partial charge in [-0.05, 0) is 111 Å². The van der Waals surface area contributed by atoms with Crippen LogP contribution >= 0.6 is 0 Å². The number of nitrogens with one attached hydrogen (secondary N) is 1. The highest BCUT2D eigenvalue weighted by Gasteiger charge is 2.22. The van der Waals surface area contributed by atoms with Crippen molar-refractivity contribution in [2.45, 2.75) is 361 Å². The SMILES string of the molecule is CCCCCCCCCCCCC(CCCCCCCCCCCC)C(=O)OCCCC(CCCOC(=O)C(CCCCCCCCCCCC)CCCCCCCCCCCC)OC(=O)NCCCN(C)CCCCN(C)C. The van der Waals surface area contributed by atoms with E-state index >= 15 is 0 Å². The predicted octanol–water partition coefficient (Wildman–Crippen LogP) is 20.9. The van der Waals surface area contributed by atoms with Gasteiger partial charge in [0.1, 0.15) is 6.10 Å². The lowest BCUT2D eigenvalue weighted by Crippen LogP contribution is -2.32. The molecule has 0 radical (unpaired) electrons. The molecule has 0 aromatic carbocycles. The summed E-state index contributed by atoms with van der Waals surface area (Å²) in [6, 6.07) is 0. The van der Waals surface area contributed by atoms with Crippen LogP contribution in [-0.4, -0.2) is 94.5 Å². The van der Waals surface area contributed by atoms with Gasteiger partial charge in [-0.3, -0.25) is 9.59 Å². The average Bonchev–Trinajstić information content (AvgIpc) is 3.43. The zero-order valence-corrected chi connectivity index (χ0v) is 54.4. The fourth-order valence-corrected chi connectivity index (χ4v) is 11.4. The number of hydrogen-bond acceptors (Lipinski definition) is 8. The molecule has 0 bridgehead atoms. The number of ether oxygens (including phenoxy) is 3. The van der Waals surface area contributed by atoms with E-state index in [2.05, 4.69) is 64.0 Å². The fraction of sp³-hybridized carbons (Fsp3) is 0.957. The van der Waals surface area contributed by atoms with Crippen molar-refractivity contribution in [2.24, 2.45) is 11.8 Å². The lowest BCUT2D eigenvalue weighted by Gasteiger charge is -2.20. The zero-order chi connectivity index (χ0) is 57.8. The monoisotopic (exact) mass is 1120 g/mol. The molecule has 0 aliphatic carbocycles. The number of esters is 2. The Morgan fingerprint density at radius 1 is 0.329 bits per heavy atom. The number of carbonyl (C=O) groups is 3. The van der Waals surface area contributed by atoms with Gasteiger partial charge in [-0.25, -0.2) is 4.79 Å². The largest absolute Gasteiger partial charge is 0.465 e. The van der Waals surface area contributed by atoms with E-state index in [-0.39, 0.29) is 29.9 Å². The Bertz CT molecular complexity index is 1150. The number of rotatable bonds is 64. The van der Waals surface area contributed by atoms with Gasteiger partial charge in [0.25, 0.3) is 0 Å². The van der Waals surface area contributed by atoms with E-state index in [1.54, 1.807) is 0 Å². The van der Waals surface area contributed by atoms with Gasteiger partial charge < -0.3 is 29.3 Å². The van der Waals surface area contributed by atoms with Gasteiger partial charge in [0.2, 0.25) is 0 Å². The van der Waals surface area contributed by atoms with Crippen molar-refractivity contribution in [3.8, 4) is 0 Å². The van der Waals surface area contributed by atoms with Crippen molar-refractivity contribution < 1.29 is 28.6 Å². The summed E-state index contributed by atoms with van der Waals surface area (Å²) < 4.78 is 18.2. The Morgan fingerprint density at radius 3 is 0.911 bits per heavy atom.